The first-order chi connectivity index (χ1) is 10.7. The van der Waals surface area contributed by atoms with Crippen molar-refractivity contribution in [1.29, 1.82) is 0 Å². The SMILES string of the molecule is CCNC(=NCc1ncnn1C)NCCN1CCC(C)CC1.I. The number of guanidine groups is 1. The maximum atomic E-state index is 4.56. The van der Waals surface area contributed by atoms with Crippen molar-refractivity contribution in [2.75, 3.05) is 32.7 Å². The summed E-state index contributed by atoms with van der Waals surface area (Å²) in [6.07, 6.45) is 4.20. The van der Waals surface area contributed by atoms with Crippen LogP contribution in [-0.2, 0) is 13.6 Å². The van der Waals surface area contributed by atoms with Crippen molar-refractivity contribution < 1.29 is 0 Å². The molecule has 1 saturated heterocycles. The highest BCUT2D eigenvalue weighted by molar-refractivity contribution is 14.0. The average molecular weight is 435 g/mol. The van der Waals surface area contributed by atoms with Gasteiger partial charge in [-0.2, -0.15) is 5.10 Å². The molecule has 0 atom stereocenters. The van der Waals surface area contributed by atoms with Gasteiger partial charge < -0.3 is 15.5 Å². The van der Waals surface area contributed by atoms with Crippen LogP contribution in [0.2, 0.25) is 0 Å². The first-order valence-electron chi connectivity index (χ1n) is 8.26. The van der Waals surface area contributed by atoms with Crippen molar-refractivity contribution in [2.45, 2.75) is 33.2 Å². The highest BCUT2D eigenvalue weighted by atomic mass is 127. The van der Waals surface area contributed by atoms with E-state index >= 15 is 0 Å². The fourth-order valence-electron chi connectivity index (χ4n) is 2.57. The van der Waals surface area contributed by atoms with Gasteiger partial charge in [0.05, 0.1) is 0 Å². The fraction of sp³-hybridized carbons (Fsp3) is 0.800. The summed E-state index contributed by atoms with van der Waals surface area (Å²) in [5.74, 6) is 2.59. The number of rotatable bonds is 6. The maximum absolute atomic E-state index is 4.56. The second-order valence-corrected chi connectivity index (χ2v) is 5.95. The second kappa shape index (κ2) is 10.8. The van der Waals surface area contributed by atoms with Crippen molar-refractivity contribution in [2.24, 2.45) is 18.0 Å². The number of halogens is 1. The molecule has 23 heavy (non-hydrogen) atoms. The number of nitrogens with one attached hydrogen (secondary N) is 2. The van der Waals surface area contributed by atoms with E-state index in [-0.39, 0.29) is 24.0 Å². The van der Waals surface area contributed by atoms with E-state index in [1.54, 1.807) is 11.0 Å². The van der Waals surface area contributed by atoms with Gasteiger partial charge in [-0.1, -0.05) is 6.92 Å². The minimum atomic E-state index is 0. The van der Waals surface area contributed by atoms with E-state index in [9.17, 15) is 0 Å². The molecule has 2 rings (SSSR count). The summed E-state index contributed by atoms with van der Waals surface area (Å²) in [5, 5.41) is 10.7. The standard InChI is InChI=1S/C15H29N7.HI/c1-4-16-15(18-11-14-19-12-20-21(14)3)17-7-10-22-8-5-13(2)6-9-22;/h12-13H,4-11H2,1-3H3,(H2,16,17,18);1H. The molecule has 0 radical (unpaired) electrons. The van der Waals surface area contributed by atoms with Gasteiger partial charge in [0.25, 0.3) is 0 Å². The zero-order valence-corrected chi connectivity index (χ0v) is 16.8. The number of aliphatic imine (C=N–C) groups is 1. The lowest BCUT2D eigenvalue weighted by Gasteiger charge is -2.30. The number of likely N-dealkylation sites (tertiary alicyclic amines) is 1. The van der Waals surface area contributed by atoms with E-state index in [1.807, 2.05) is 7.05 Å². The molecule has 2 N–H and O–H groups in total. The molecule has 1 aliphatic heterocycles. The zero-order valence-electron chi connectivity index (χ0n) is 14.5. The summed E-state index contributed by atoms with van der Waals surface area (Å²) in [4.78, 5) is 11.3. The van der Waals surface area contributed by atoms with Crippen LogP contribution in [0.15, 0.2) is 11.3 Å². The lowest BCUT2D eigenvalue weighted by atomic mass is 9.99. The number of piperidine rings is 1. The Balaban J connectivity index is 0.00000264. The Morgan fingerprint density at radius 1 is 1.35 bits per heavy atom. The largest absolute Gasteiger partial charge is 0.357 e. The highest BCUT2D eigenvalue weighted by Crippen LogP contribution is 2.14. The van der Waals surface area contributed by atoms with E-state index < -0.39 is 0 Å². The van der Waals surface area contributed by atoms with Gasteiger partial charge in [0.2, 0.25) is 0 Å². The minimum absolute atomic E-state index is 0. The molecule has 7 nitrogen and oxygen atoms in total. The first kappa shape index (κ1) is 20.1. The summed E-state index contributed by atoms with van der Waals surface area (Å²) in [6.45, 7) is 10.2. The molecule has 0 unspecified atom stereocenters. The summed E-state index contributed by atoms with van der Waals surface area (Å²) in [7, 11) is 1.88. The molecule has 8 heteroatoms. The third-order valence-corrected chi connectivity index (χ3v) is 4.12. The lowest BCUT2D eigenvalue weighted by molar-refractivity contribution is 0.195. The van der Waals surface area contributed by atoms with Gasteiger partial charge in [-0.3, -0.25) is 4.68 Å². The van der Waals surface area contributed by atoms with Gasteiger partial charge in [0, 0.05) is 26.7 Å². The van der Waals surface area contributed by atoms with Gasteiger partial charge in [0.15, 0.2) is 5.96 Å². The predicted octanol–water partition coefficient (Wildman–Crippen LogP) is 1.22. The third kappa shape index (κ3) is 7.03. The van der Waals surface area contributed by atoms with Crippen LogP contribution >= 0.6 is 24.0 Å². The number of aryl methyl sites for hydroxylation is 1. The molecular formula is C15H30IN7. The van der Waals surface area contributed by atoms with Crippen LogP contribution in [-0.4, -0.2) is 58.3 Å². The van der Waals surface area contributed by atoms with Crippen molar-refractivity contribution in [3.05, 3.63) is 12.2 Å². The summed E-state index contributed by atoms with van der Waals surface area (Å²) in [6, 6.07) is 0. The lowest BCUT2D eigenvalue weighted by Crippen LogP contribution is -2.43. The molecule has 0 amide bonds. The quantitative estimate of drug-likeness (QED) is 0.400. The van der Waals surface area contributed by atoms with Gasteiger partial charge in [-0.15, -0.1) is 24.0 Å². The maximum Gasteiger partial charge on any atom is 0.191 e. The predicted molar refractivity (Wildman–Crippen MR) is 104 cm³/mol. The van der Waals surface area contributed by atoms with E-state index in [0.29, 0.717) is 6.54 Å². The van der Waals surface area contributed by atoms with Crippen molar-refractivity contribution in [1.82, 2.24) is 30.3 Å². The van der Waals surface area contributed by atoms with Gasteiger partial charge >= 0.3 is 0 Å². The first-order valence-corrected chi connectivity index (χ1v) is 8.26. The molecule has 0 bridgehead atoms. The summed E-state index contributed by atoms with van der Waals surface area (Å²) in [5.41, 5.74) is 0. The molecule has 0 aromatic carbocycles. The van der Waals surface area contributed by atoms with E-state index in [0.717, 1.165) is 37.3 Å². The van der Waals surface area contributed by atoms with Crippen molar-refractivity contribution in [3.63, 3.8) is 0 Å². The Labute approximate surface area is 156 Å². The van der Waals surface area contributed by atoms with E-state index in [2.05, 4.69) is 44.5 Å². The average Bonchev–Trinajstić information content (AvgIpc) is 2.92. The smallest absolute Gasteiger partial charge is 0.191 e. The van der Waals surface area contributed by atoms with E-state index in [1.165, 1.54) is 25.9 Å². The number of aromatic nitrogens is 3. The van der Waals surface area contributed by atoms with Crippen LogP contribution in [0.3, 0.4) is 0 Å². The zero-order chi connectivity index (χ0) is 15.8. The molecule has 1 aliphatic rings. The molecular weight excluding hydrogens is 405 g/mol. The van der Waals surface area contributed by atoms with Gasteiger partial charge in [0.1, 0.15) is 18.7 Å². The minimum Gasteiger partial charge on any atom is -0.357 e. The van der Waals surface area contributed by atoms with Crippen LogP contribution in [0.4, 0.5) is 0 Å². The summed E-state index contributed by atoms with van der Waals surface area (Å²) < 4.78 is 1.75. The molecule has 1 aromatic rings. The number of hydrogen-bond donors (Lipinski definition) is 2. The fourth-order valence-corrected chi connectivity index (χ4v) is 2.57. The Hall–Kier alpha value is -0.900. The normalized spacial score (nSPS) is 16.9. The Morgan fingerprint density at radius 3 is 2.70 bits per heavy atom. The molecule has 0 aliphatic carbocycles. The van der Waals surface area contributed by atoms with Crippen molar-refractivity contribution >= 4 is 29.9 Å². The second-order valence-electron chi connectivity index (χ2n) is 5.95. The molecule has 2 heterocycles. The Bertz CT molecular complexity index is 466. The molecule has 132 valence electrons. The van der Waals surface area contributed by atoms with Crippen LogP contribution < -0.4 is 10.6 Å². The van der Waals surface area contributed by atoms with Crippen LogP contribution in [0, 0.1) is 5.92 Å². The third-order valence-electron chi connectivity index (χ3n) is 4.12. The highest BCUT2D eigenvalue weighted by Gasteiger charge is 2.14. The number of hydrogen-bond acceptors (Lipinski definition) is 4. The van der Waals surface area contributed by atoms with Gasteiger partial charge in [-0.25, -0.2) is 9.98 Å². The Morgan fingerprint density at radius 2 is 2.09 bits per heavy atom. The number of nitrogens with zero attached hydrogens (tertiary/aromatic N) is 5. The van der Waals surface area contributed by atoms with Crippen LogP contribution in [0.1, 0.15) is 32.5 Å². The topological polar surface area (TPSA) is 70.4 Å². The Kier molecular flexibility index (Phi) is 9.46. The van der Waals surface area contributed by atoms with E-state index in [4.69, 9.17) is 0 Å². The molecule has 0 saturated carbocycles. The monoisotopic (exact) mass is 435 g/mol. The van der Waals surface area contributed by atoms with Crippen LogP contribution in [0.5, 0.6) is 0 Å². The summed E-state index contributed by atoms with van der Waals surface area (Å²) >= 11 is 0. The van der Waals surface area contributed by atoms with Crippen LogP contribution in [0.25, 0.3) is 0 Å². The van der Waals surface area contributed by atoms with Gasteiger partial charge in [-0.05, 0) is 38.8 Å². The molecule has 0 spiro atoms. The van der Waals surface area contributed by atoms with Crippen molar-refractivity contribution in [3.8, 4) is 0 Å². The molecule has 1 fully saturated rings. The molecule has 1 aromatic heterocycles.